The number of hydrogen-bond donors (Lipinski definition) is 1. The molecule has 1 aliphatic carbocycles. The summed E-state index contributed by atoms with van der Waals surface area (Å²) >= 11 is 0. The van der Waals surface area contributed by atoms with Gasteiger partial charge in [-0.1, -0.05) is 20.3 Å². The van der Waals surface area contributed by atoms with E-state index < -0.39 is 0 Å². The van der Waals surface area contributed by atoms with E-state index in [0.29, 0.717) is 19.0 Å². The number of carbonyl (C=O) groups is 2. The standard InChI is InChI=1S/C13H22N2O2/c1-3-9-4-10-11(5-9)13(17)15(12(10)16)7-8(2)6-14/h8-11H,3-7,14H2,1-2H3. The molecule has 3 atom stereocenters. The lowest BCUT2D eigenvalue weighted by Gasteiger charge is -2.20. The zero-order chi connectivity index (χ0) is 12.6. The minimum absolute atomic E-state index is 0.0302. The summed E-state index contributed by atoms with van der Waals surface area (Å²) in [5, 5.41) is 0. The van der Waals surface area contributed by atoms with E-state index in [2.05, 4.69) is 6.92 Å². The second-order valence-electron chi connectivity index (χ2n) is 5.59. The molecule has 2 amide bonds. The number of imide groups is 1. The van der Waals surface area contributed by atoms with Crippen LogP contribution in [-0.2, 0) is 9.59 Å². The number of nitrogens with two attached hydrogens (primary N) is 1. The van der Waals surface area contributed by atoms with Gasteiger partial charge in [-0.2, -0.15) is 0 Å². The van der Waals surface area contributed by atoms with Gasteiger partial charge in [-0.25, -0.2) is 0 Å². The van der Waals surface area contributed by atoms with Crippen LogP contribution >= 0.6 is 0 Å². The van der Waals surface area contributed by atoms with E-state index >= 15 is 0 Å². The Balaban J connectivity index is 2.06. The van der Waals surface area contributed by atoms with Crippen LogP contribution in [0.5, 0.6) is 0 Å². The quantitative estimate of drug-likeness (QED) is 0.743. The van der Waals surface area contributed by atoms with E-state index in [1.54, 1.807) is 0 Å². The normalized spacial score (nSPS) is 34.3. The first kappa shape index (κ1) is 12.6. The summed E-state index contributed by atoms with van der Waals surface area (Å²) in [6.07, 6.45) is 2.88. The van der Waals surface area contributed by atoms with Crippen LogP contribution in [0.4, 0.5) is 0 Å². The van der Waals surface area contributed by atoms with Crippen LogP contribution in [0, 0.1) is 23.7 Å². The number of nitrogens with zero attached hydrogens (tertiary/aromatic N) is 1. The molecule has 0 radical (unpaired) electrons. The highest BCUT2D eigenvalue weighted by Gasteiger charge is 2.52. The number of amides is 2. The van der Waals surface area contributed by atoms with Crippen molar-refractivity contribution in [2.24, 2.45) is 29.4 Å². The molecule has 3 unspecified atom stereocenters. The molecular weight excluding hydrogens is 216 g/mol. The second-order valence-corrected chi connectivity index (χ2v) is 5.59. The van der Waals surface area contributed by atoms with E-state index in [0.717, 1.165) is 19.3 Å². The third-order valence-corrected chi connectivity index (χ3v) is 4.30. The Morgan fingerprint density at radius 2 is 1.82 bits per heavy atom. The van der Waals surface area contributed by atoms with Crippen molar-refractivity contribution < 1.29 is 9.59 Å². The van der Waals surface area contributed by atoms with Crippen LogP contribution < -0.4 is 5.73 Å². The Hall–Kier alpha value is -0.900. The topological polar surface area (TPSA) is 63.4 Å². The number of likely N-dealkylation sites (tertiary alicyclic amines) is 1. The SMILES string of the molecule is CCC1CC2C(=O)N(CC(C)CN)C(=O)C2C1. The first-order valence-corrected chi connectivity index (χ1v) is 6.63. The van der Waals surface area contributed by atoms with Crippen molar-refractivity contribution in [1.82, 2.24) is 4.90 Å². The smallest absolute Gasteiger partial charge is 0.233 e. The van der Waals surface area contributed by atoms with Crippen molar-refractivity contribution in [2.45, 2.75) is 33.1 Å². The van der Waals surface area contributed by atoms with Crippen LogP contribution in [0.15, 0.2) is 0 Å². The van der Waals surface area contributed by atoms with Crippen LogP contribution in [-0.4, -0.2) is 29.8 Å². The lowest BCUT2D eigenvalue weighted by Crippen LogP contribution is -2.37. The lowest BCUT2D eigenvalue weighted by atomic mass is 10.00. The average molecular weight is 238 g/mol. The van der Waals surface area contributed by atoms with Crippen molar-refractivity contribution in [3.8, 4) is 0 Å². The molecular formula is C13H22N2O2. The summed E-state index contributed by atoms with van der Waals surface area (Å²) < 4.78 is 0. The summed E-state index contributed by atoms with van der Waals surface area (Å²) in [5.74, 6) is 0.804. The lowest BCUT2D eigenvalue weighted by molar-refractivity contribution is -0.141. The fourth-order valence-corrected chi connectivity index (χ4v) is 3.10. The Kier molecular flexibility index (Phi) is 3.52. The fourth-order valence-electron chi connectivity index (χ4n) is 3.10. The number of fused-ring (bicyclic) bond motifs is 1. The van der Waals surface area contributed by atoms with Crippen molar-refractivity contribution in [3.05, 3.63) is 0 Å². The molecule has 1 saturated carbocycles. The maximum absolute atomic E-state index is 12.2. The van der Waals surface area contributed by atoms with Gasteiger partial charge in [0.25, 0.3) is 0 Å². The van der Waals surface area contributed by atoms with Gasteiger partial charge in [0.1, 0.15) is 0 Å². The summed E-state index contributed by atoms with van der Waals surface area (Å²) in [4.78, 5) is 25.8. The molecule has 1 heterocycles. The number of hydrogen-bond acceptors (Lipinski definition) is 3. The predicted octanol–water partition coefficient (Wildman–Crippen LogP) is 1.00. The minimum Gasteiger partial charge on any atom is -0.330 e. The molecule has 2 rings (SSSR count). The van der Waals surface area contributed by atoms with Gasteiger partial charge in [-0.15, -0.1) is 0 Å². The van der Waals surface area contributed by atoms with Crippen molar-refractivity contribution in [2.75, 3.05) is 13.1 Å². The van der Waals surface area contributed by atoms with Crippen LogP contribution in [0.2, 0.25) is 0 Å². The Labute approximate surface area is 103 Å². The van der Waals surface area contributed by atoms with Crippen LogP contribution in [0.25, 0.3) is 0 Å². The van der Waals surface area contributed by atoms with Gasteiger partial charge in [0.2, 0.25) is 11.8 Å². The molecule has 2 fully saturated rings. The van der Waals surface area contributed by atoms with Gasteiger partial charge < -0.3 is 5.73 Å². The Morgan fingerprint density at radius 3 is 2.24 bits per heavy atom. The molecule has 0 spiro atoms. The average Bonchev–Trinajstić information content (AvgIpc) is 2.85. The van der Waals surface area contributed by atoms with Gasteiger partial charge in [0, 0.05) is 6.54 Å². The monoisotopic (exact) mass is 238 g/mol. The van der Waals surface area contributed by atoms with Crippen molar-refractivity contribution in [3.63, 3.8) is 0 Å². The van der Waals surface area contributed by atoms with E-state index in [-0.39, 0.29) is 29.6 Å². The van der Waals surface area contributed by atoms with E-state index in [4.69, 9.17) is 5.73 Å². The molecule has 17 heavy (non-hydrogen) atoms. The van der Waals surface area contributed by atoms with Gasteiger partial charge in [-0.3, -0.25) is 14.5 Å². The predicted molar refractivity (Wildman–Crippen MR) is 64.9 cm³/mol. The highest BCUT2D eigenvalue weighted by atomic mass is 16.2. The minimum atomic E-state index is -0.0302. The van der Waals surface area contributed by atoms with Gasteiger partial charge in [0.15, 0.2) is 0 Å². The zero-order valence-corrected chi connectivity index (χ0v) is 10.7. The highest BCUT2D eigenvalue weighted by molar-refractivity contribution is 6.05. The van der Waals surface area contributed by atoms with E-state index in [1.165, 1.54) is 4.90 Å². The first-order valence-electron chi connectivity index (χ1n) is 6.63. The first-order chi connectivity index (χ1) is 8.08. The van der Waals surface area contributed by atoms with Crippen molar-refractivity contribution in [1.29, 1.82) is 0 Å². The highest BCUT2D eigenvalue weighted by Crippen LogP contribution is 2.44. The molecule has 1 aliphatic heterocycles. The van der Waals surface area contributed by atoms with Gasteiger partial charge in [0.05, 0.1) is 11.8 Å². The fraction of sp³-hybridized carbons (Fsp3) is 0.846. The molecule has 0 bridgehead atoms. The van der Waals surface area contributed by atoms with Crippen molar-refractivity contribution >= 4 is 11.8 Å². The van der Waals surface area contributed by atoms with Gasteiger partial charge in [-0.05, 0) is 31.2 Å². The molecule has 0 aromatic heterocycles. The van der Waals surface area contributed by atoms with Gasteiger partial charge >= 0.3 is 0 Å². The maximum Gasteiger partial charge on any atom is 0.233 e. The van der Waals surface area contributed by atoms with Crippen LogP contribution in [0.3, 0.4) is 0 Å². The summed E-state index contributed by atoms with van der Waals surface area (Å²) in [6, 6.07) is 0. The molecule has 0 aromatic rings. The van der Waals surface area contributed by atoms with Crippen LogP contribution in [0.1, 0.15) is 33.1 Å². The third kappa shape index (κ3) is 2.10. The van der Waals surface area contributed by atoms with E-state index in [9.17, 15) is 9.59 Å². The maximum atomic E-state index is 12.2. The third-order valence-electron chi connectivity index (χ3n) is 4.30. The molecule has 1 saturated heterocycles. The second kappa shape index (κ2) is 4.77. The molecule has 96 valence electrons. The molecule has 2 aliphatic rings. The summed E-state index contributed by atoms with van der Waals surface area (Å²) in [6.45, 7) is 5.13. The molecule has 2 N–H and O–H groups in total. The number of rotatable bonds is 4. The van der Waals surface area contributed by atoms with E-state index in [1.807, 2.05) is 6.92 Å². The summed E-state index contributed by atoms with van der Waals surface area (Å²) in [7, 11) is 0. The Morgan fingerprint density at radius 1 is 1.29 bits per heavy atom. The molecule has 4 nitrogen and oxygen atoms in total. The summed E-state index contributed by atoms with van der Waals surface area (Å²) in [5.41, 5.74) is 5.55. The molecule has 4 heteroatoms. The molecule has 0 aromatic carbocycles. The largest absolute Gasteiger partial charge is 0.330 e. The zero-order valence-electron chi connectivity index (χ0n) is 10.7. The number of carbonyl (C=O) groups excluding carboxylic acids is 2. The Bertz CT molecular complexity index is 305.